The van der Waals surface area contributed by atoms with Crippen LogP contribution in [-0.4, -0.2) is 213 Å². The molecule has 0 radical (unpaired) electrons. The fourth-order valence-corrected chi connectivity index (χ4v) is 9.73. The number of aliphatic hydroxyl groups excluding tert-OH is 12. The van der Waals surface area contributed by atoms with E-state index in [1.165, 1.54) is 6.92 Å². The molecule has 3 saturated heterocycles. The zero-order valence-corrected chi connectivity index (χ0v) is 43.7. The maximum Gasteiger partial charge on any atom is 0.308 e. The molecule has 434 valence electrons. The largest absolute Gasteiger partial charge is 0.462 e. The Hall–Kier alpha value is -3.38. The van der Waals surface area contributed by atoms with Gasteiger partial charge < -0.3 is 106 Å². The lowest BCUT2D eigenvalue weighted by Gasteiger charge is -2.45. The van der Waals surface area contributed by atoms with Crippen molar-refractivity contribution >= 4 is 11.9 Å². The number of ether oxygens (including phenoxy) is 6. The van der Waals surface area contributed by atoms with Crippen molar-refractivity contribution < 1.29 is 104 Å². The number of carbonyl (C=O) groups excluding carboxylic acids is 2. The summed E-state index contributed by atoms with van der Waals surface area (Å²) in [6, 6.07) is -1.15. The first-order chi connectivity index (χ1) is 35.9. The van der Waals surface area contributed by atoms with Gasteiger partial charge >= 0.3 is 5.97 Å². The summed E-state index contributed by atoms with van der Waals surface area (Å²) < 4.78 is 35.4. The monoisotopic (exact) mass is 1090 g/mol. The van der Waals surface area contributed by atoms with Gasteiger partial charge in [0.15, 0.2) is 18.4 Å². The molecule has 0 aromatic heterocycles. The van der Waals surface area contributed by atoms with Crippen LogP contribution in [0.5, 0.6) is 0 Å². The average Bonchev–Trinajstić information content (AvgIpc) is 3.34. The molecular formula is C53H86N2O21. The van der Waals surface area contributed by atoms with E-state index in [1.807, 2.05) is 37.3 Å². The molecule has 23 nitrogen and oxygen atoms in total. The quantitative estimate of drug-likeness (QED) is 0.130. The number of rotatable bonds is 6. The van der Waals surface area contributed by atoms with Gasteiger partial charge in [0.1, 0.15) is 36.6 Å². The van der Waals surface area contributed by atoms with Gasteiger partial charge in [0.05, 0.1) is 92.1 Å². The molecule has 76 heavy (non-hydrogen) atoms. The number of allylic oxidation sites excluding steroid dienone is 10. The Morgan fingerprint density at radius 3 is 1.91 bits per heavy atom. The number of hydrogen-bond acceptors (Lipinski definition) is 22. The maximum atomic E-state index is 13.1. The van der Waals surface area contributed by atoms with Crippen LogP contribution in [0.3, 0.4) is 0 Å². The topological polar surface area (TPSA) is 405 Å². The van der Waals surface area contributed by atoms with Gasteiger partial charge in [-0.3, -0.25) is 9.59 Å². The Morgan fingerprint density at radius 1 is 0.658 bits per heavy atom. The molecule has 3 fully saturated rings. The molecular weight excluding hydrogens is 1000 g/mol. The van der Waals surface area contributed by atoms with Crippen LogP contribution in [-0.2, 0) is 38.0 Å². The number of amides is 1. The van der Waals surface area contributed by atoms with Crippen molar-refractivity contribution in [2.24, 2.45) is 29.2 Å². The molecule has 1 unspecified atom stereocenters. The zero-order chi connectivity index (χ0) is 56.4. The van der Waals surface area contributed by atoms with Crippen molar-refractivity contribution in [3.05, 3.63) is 72.9 Å². The summed E-state index contributed by atoms with van der Waals surface area (Å²) in [7, 11) is 0. The van der Waals surface area contributed by atoms with Gasteiger partial charge in [-0.2, -0.15) is 0 Å². The van der Waals surface area contributed by atoms with Gasteiger partial charge in [0.2, 0.25) is 5.91 Å². The lowest BCUT2D eigenvalue weighted by Crippen LogP contribution is -2.62. The molecule has 0 spiro atoms. The van der Waals surface area contributed by atoms with Gasteiger partial charge in [-0.25, -0.2) is 0 Å². The van der Waals surface area contributed by atoms with Crippen LogP contribution in [0.2, 0.25) is 0 Å². The van der Waals surface area contributed by atoms with Crippen molar-refractivity contribution in [3.63, 3.8) is 0 Å². The van der Waals surface area contributed by atoms with Crippen molar-refractivity contribution in [1.82, 2.24) is 0 Å². The Bertz CT molecular complexity index is 1940. The van der Waals surface area contributed by atoms with Gasteiger partial charge in [-0.1, -0.05) is 86.8 Å². The Balaban J connectivity index is 1.56. The highest BCUT2D eigenvalue weighted by Gasteiger charge is 2.51. The highest BCUT2D eigenvalue weighted by Crippen LogP contribution is 2.38. The first-order valence-electron chi connectivity index (χ1n) is 26.2. The van der Waals surface area contributed by atoms with Crippen LogP contribution in [0.25, 0.3) is 0 Å². The van der Waals surface area contributed by atoms with E-state index in [2.05, 4.69) is 0 Å². The molecule has 24 atom stereocenters. The molecule has 0 aromatic carbocycles. The lowest BCUT2D eigenvalue weighted by atomic mass is 9.82. The lowest BCUT2D eigenvalue weighted by molar-refractivity contribution is -0.318. The normalized spacial score (nSPS) is 46.6. The summed E-state index contributed by atoms with van der Waals surface area (Å²) in [5, 5.41) is 140. The molecule has 4 aliphatic heterocycles. The molecule has 17 N–H and O–H groups in total. The minimum absolute atomic E-state index is 0.173. The van der Waals surface area contributed by atoms with Crippen LogP contribution >= 0.6 is 0 Å². The second-order valence-corrected chi connectivity index (χ2v) is 20.7. The molecule has 0 aliphatic carbocycles. The van der Waals surface area contributed by atoms with E-state index in [4.69, 9.17) is 39.9 Å². The van der Waals surface area contributed by atoms with Crippen LogP contribution in [0, 0.1) is 17.8 Å². The molecule has 0 saturated carbocycles. The van der Waals surface area contributed by atoms with Crippen LogP contribution in [0.4, 0.5) is 0 Å². The minimum atomic E-state index is -2.34. The third-order valence-electron chi connectivity index (χ3n) is 14.4. The predicted octanol–water partition coefficient (Wildman–Crippen LogP) is -1.84. The number of nitrogens with two attached hydrogens (primary N) is 2. The Kier molecular flexibility index (Phi) is 26.9. The SMILES string of the molecule is C[C@@H]1[C@H](OC2O[C@H](CO)[C@@H](O)[C@H](O)[C@H]2O)[C@@H](C)/C=C/C=C/CC/C=C/C=C/C=C/C=C/[C@H](O[C@@H]2O[C@H](C)[C@@H](O)[C@H](N)[C@@H]2O)C[C@@H]2O[C@](O)(C[C@@H](O)[C@H](O)CC[C@@H](O)C[C@@H](O)C[C@@H](O)CC(=O)O[C@H]1C)C[C@H](O)[C@H]2C(N)=O. The van der Waals surface area contributed by atoms with E-state index in [-0.39, 0.29) is 32.1 Å². The molecule has 4 heterocycles. The molecule has 0 aromatic rings. The molecule has 4 rings (SSSR count). The fraction of sp³-hybridized carbons (Fsp3) is 0.736. The number of aliphatic hydroxyl groups is 13. The maximum absolute atomic E-state index is 13.1. The second kappa shape index (κ2) is 31.4. The summed E-state index contributed by atoms with van der Waals surface area (Å²) in [5.74, 6) is -6.58. The van der Waals surface area contributed by atoms with E-state index < -0.39 is 184 Å². The van der Waals surface area contributed by atoms with Crippen molar-refractivity contribution in [1.29, 1.82) is 0 Å². The van der Waals surface area contributed by atoms with Gasteiger partial charge in [-0.15, -0.1) is 0 Å². The van der Waals surface area contributed by atoms with Gasteiger partial charge in [0.25, 0.3) is 0 Å². The van der Waals surface area contributed by atoms with Gasteiger partial charge in [-0.05, 0) is 52.4 Å². The minimum Gasteiger partial charge on any atom is -0.462 e. The number of esters is 1. The third kappa shape index (κ3) is 19.8. The van der Waals surface area contributed by atoms with Crippen molar-refractivity contribution in [2.75, 3.05) is 6.61 Å². The Labute approximate surface area is 444 Å². The highest BCUT2D eigenvalue weighted by atomic mass is 16.7. The summed E-state index contributed by atoms with van der Waals surface area (Å²) in [4.78, 5) is 25.9. The van der Waals surface area contributed by atoms with Crippen LogP contribution in [0.15, 0.2) is 72.9 Å². The molecule has 23 heteroatoms. The van der Waals surface area contributed by atoms with Gasteiger partial charge in [0, 0.05) is 31.1 Å². The van der Waals surface area contributed by atoms with E-state index >= 15 is 0 Å². The summed E-state index contributed by atoms with van der Waals surface area (Å²) in [6.45, 7) is 5.99. The highest BCUT2D eigenvalue weighted by molar-refractivity contribution is 5.78. The van der Waals surface area contributed by atoms with Crippen LogP contribution in [0.1, 0.15) is 91.9 Å². The summed E-state index contributed by atoms with van der Waals surface area (Å²) >= 11 is 0. The predicted molar refractivity (Wildman–Crippen MR) is 271 cm³/mol. The number of cyclic esters (lactones) is 1. The second-order valence-electron chi connectivity index (χ2n) is 20.7. The van der Waals surface area contributed by atoms with Crippen molar-refractivity contribution in [2.45, 2.75) is 220 Å². The number of hydrogen-bond donors (Lipinski definition) is 15. The van der Waals surface area contributed by atoms with E-state index in [0.717, 1.165) is 0 Å². The average molecular weight is 1090 g/mol. The van der Waals surface area contributed by atoms with Crippen molar-refractivity contribution in [3.8, 4) is 0 Å². The fourth-order valence-electron chi connectivity index (χ4n) is 9.73. The molecule has 4 aliphatic rings. The van der Waals surface area contributed by atoms with E-state index in [9.17, 15) is 76.0 Å². The number of fused-ring (bicyclic) bond motifs is 2. The first kappa shape index (κ1) is 65.1. The summed E-state index contributed by atoms with van der Waals surface area (Å²) in [6.07, 6.45) is -6.32. The Morgan fingerprint density at radius 2 is 1.25 bits per heavy atom. The number of primary amides is 1. The smallest absolute Gasteiger partial charge is 0.308 e. The first-order valence-corrected chi connectivity index (χ1v) is 26.2. The molecule has 2 bridgehead atoms. The van der Waals surface area contributed by atoms with E-state index in [1.54, 1.807) is 56.4 Å². The number of carbonyl (C=O) groups is 2. The zero-order valence-electron chi connectivity index (χ0n) is 43.7. The summed E-state index contributed by atoms with van der Waals surface area (Å²) in [5.41, 5.74) is 11.8. The third-order valence-corrected chi connectivity index (χ3v) is 14.4. The van der Waals surface area contributed by atoms with Crippen LogP contribution < -0.4 is 11.5 Å². The standard InChI is InChI=1S/C53H86N2O21/c1-28-17-15-13-11-9-7-5-6-8-10-12-14-16-18-35(73-51-46(66)43(54)44(64)31(4)72-51)24-39-42(50(55)69)38(62)26-53(70,76-39)25-37(61)36(60)20-19-32(57)21-33(58)22-34(59)23-41(63)71-30(3)29(2)49(28)75-52-48(68)47(67)45(65)40(27-56)74-52/h5-6,8,10-18,28-40,42-49,51-52,56-62,64-68,70H,7,9,19-27,54H2,1-4H3,(H2,55,69)/b6-5+,10-8+,13-11+,14-12+,17-15+,18-16+/t28-,29-,30-,31+,32+,33+,34+,35-,36+,37+,38-,39-,40+,42+,43-,44+,45+,46-,47-,48+,49+,51-,52?,53+/m0/s1. The van der Waals surface area contributed by atoms with E-state index in [0.29, 0.717) is 12.8 Å². The molecule has 1 amide bonds.